The zero-order valence-corrected chi connectivity index (χ0v) is 10.9. The van der Waals surface area contributed by atoms with Crippen LogP contribution in [0.25, 0.3) is 0 Å². The second-order valence-corrected chi connectivity index (χ2v) is 5.28. The third-order valence-corrected chi connectivity index (χ3v) is 4.03. The highest BCUT2D eigenvalue weighted by molar-refractivity contribution is 7.10. The maximum Gasteiger partial charge on any atom is 0.157 e. The summed E-state index contributed by atoms with van der Waals surface area (Å²) < 4.78 is 3.98. The molecule has 1 heterocycles. The SMILES string of the molecule is CC(CNc1snc(N)c1C#N)N(C)C1CC1. The van der Waals surface area contributed by atoms with Crippen molar-refractivity contribution in [3.05, 3.63) is 5.56 Å². The van der Waals surface area contributed by atoms with Crippen LogP contribution in [0.5, 0.6) is 0 Å². The molecule has 1 aliphatic rings. The molecule has 0 spiro atoms. The first-order valence-corrected chi connectivity index (χ1v) is 6.52. The number of anilines is 2. The summed E-state index contributed by atoms with van der Waals surface area (Å²) in [7, 11) is 2.15. The van der Waals surface area contributed by atoms with Crippen LogP contribution in [0.4, 0.5) is 10.8 Å². The molecule has 92 valence electrons. The Hall–Kier alpha value is -1.32. The molecule has 0 aromatic carbocycles. The Labute approximate surface area is 105 Å². The molecule has 5 nitrogen and oxygen atoms in total. The highest BCUT2D eigenvalue weighted by Gasteiger charge is 2.29. The van der Waals surface area contributed by atoms with Crippen molar-refractivity contribution in [3.63, 3.8) is 0 Å². The quantitative estimate of drug-likeness (QED) is 0.829. The predicted octanol–water partition coefficient (Wildman–Crippen LogP) is 1.49. The minimum absolute atomic E-state index is 0.322. The molecule has 0 radical (unpaired) electrons. The van der Waals surface area contributed by atoms with E-state index in [0.29, 0.717) is 17.4 Å². The molecule has 1 atom stereocenters. The Morgan fingerprint density at radius 2 is 2.41 bits per heavy atom. The minimum atomic E-state index is 0.322. The third kappa shape index (κ3) is 2.68. The van der Waals surface area contributed by atoms with Crippen molar-refractivity contribution in [2.24, 2.45) is 0 Å². The molecule has 1 fully saturated rings. The van der Waals surface area contributed by atoms with E-state index >= 15 is 0 Å². The fourth-order valence-electron chi connectivity index (χ4n) is 1.76. The molecule has 1 aromatic rings. The minimum Gasteiger partial charge on any atom is -0.382 e. The molecule has 1 saturated carbocycles. The van der Waals surface area contributed by atoms with Crippen molar-refractivity contribution in [3.8, 4) is 6.07 Å². The van der Waals surface area contributed by atoms with Crippen LogP contribution in [-0.4, -0.2) is 34.9 Å². The molecule has 0 bridgehead atoms. The van der Waals surface area contributed by atoms with Crippen LogP contribution in [-0.2, 0) is 0 Å². The summed E-state index contributed by atoms with van der Waals surface area (Å²) in [5.74, 6) is 0.322. The lowest BCUT2D eigenvalue weighted by atomic mass is 10.3. The number of nitriles is 1. The van der Waals surface area contributed by atoms with Crippen molar-refractivity contribution in [1.29, 1.82) is 5.26 Å². The average molecular weight is 251 g/mol. The van der Waals surface area contributed by atoms with Gasteiger partial charge in [0.15, 0.2) is 5.82 Å². The third-order valence-electron chi connectivity index (χ3n) is 3.21. The second kappa shape index (κ2) is 4.90. The summed E-state index contributed by atoms with van der Waals surface area (Å²) in [5.41, 5.74) is 6.07. The smallest absolute Gasteiger partial charge is 0.157 e. The number of hydrogen-bond acceptors (Lipinski definition) is 6. The van der Waals surface area contributed by atoms with Gasteiger partial charge in [-0.05, 0) is 38.3 Å². The van der Waals surface area contributed by atoms with E-state index in [1.807, 2.05) is 0 Å². The second-order valence-electron chi connectivity index (χ2n) is 4.51. The lowest BCUT2D eigenvalue weighted by Gasteiger charge is -2.24. The molecular formula is C11H17N5S. The van der Waals surface area contributed by atoms with E-state index in [1.54, 1.807) is 0 Å². The van der Waals surface area contributed by atoms with Crippen molar-refractivity contribution in [2.75, 3.05) is 24.6 Å². The molecule has 0 aliphatic heterocycles. The van der Waals surface area contributed by atoms with Gasteiger partial charge in [-0.1, -0.05) is 0 Å². The molecular weight excluding hydrogens is 234 g/mol. The largest absolute Gasteiger partial charge is 0.382 e. The highest BCUT2D eigenvalue weighted by atomic mass is 32.1. The number of hydrogen-bond donors (Lipinski definition) is 2. The summed E-state index contributed by atoms with van der Waals surface area (Å²) in [6, 6.07) is 3.26. The zero-order chi connectivity index (χ0) is 12.4. The fraction of sp³-hybridized carbons (Fsp3) is 0.636. The summed E-state index contributed by atoms with van der Waals surface area (Å²) >= 11 is 1.25. The first-order valence-electron chi connectivity index (χ1n) is 5.74. The van der Waals surface area contributed by atoms with Crippen molar-refractivity contribution in [2.45, 2.75) is 31.8 Å². The lowest BCUT2D eigenvalue weighted by molar-refractivity contribution is 0.257. The van der Waals surface area contributed by atoms with E-state index in [2.05, 4.69) is 34.6 Å². The van der Waals surface area contributed by atoms with Crippen molar-refractivity contribution in [1.82, 2.24) is 9.27 Å². The Balaban J connectivity index is 1.90. The van der Waals surface area contributed by atoms with Crippen LogP contribution < -0.4 is 11.1 Å². The number of nitrogen functional groups attached to an aromatic ring is 1. The van der Waals surface area contributed by atoms with Gasteiger partial charge in [0, 0.05) is 18.6 Å². The zero-order valence-electron chi connectivity index (χ0n) is 10.1. The van der Waals surface area contributed by atoms with Gasteiger partial charge in [-0.2, -0.15) is 9.64 Å². The van der Waals surface area contributed by atoms with Gasteiger partial charge in [0.05, 0.1) is 0 Å². The van der Waals surface area contributed by atoms with Crippen LogP contribution in [0.1, 0.15) is 25.3 Å². The van der Waals surface area contributed by atoms with Gasteiger partial charge in [0.1, 0.15) is 16.6 Å². The van der Waals surface area contributed by atoms with Crippen LogP contribution in [0.3, 0.4) is 0 Å². The van der Waals surface area contributed by atoms with Crippen LogP contribution >= 0.6 is 11.5 Å². The van der Waals surface area contributed by atoms with Gasteiger partial charge in [-0.3, -0.25) is 4.90 Å². The summed E-state index contributed by atoms with van der Waals surface area (Å²) in [4.78, 5) is 2.38. The van der Waals surface area contributed by atoms with E-state index in [-0.39, 0.29) is 0 Å². The lowest BCUT2D eigenvalue weighted by Crippen LogP contribution is -2.36. The first-order chi connectivity index (χ1) is 8.13. The average Bonchev–Trinajstić information content (AvgIpc) is 3.10. The molecule has 17 heavy (non-hydrogen) atoms. The number of likely N-dealkylation sites (N-methyl/N-ethyl adjacent to an activating group) is 1. The van der Waals surface area contributed by atoms with E-state index in [4.69, 9.17) is 11.0 Å². The van der Waals surface area contributed by atoms with E-state index in [9.17, 15) is 0 Å². The van der Waals surface area contributed by atoms with Gasteiger partial charge in [-0.25, -0.2) is 0 Å². The predicted molar refractivity (Wildman–Crippen MR) is 70.0 cm³/mol. The summed E-state index contributed by atoms with van der Waals surface area (Å²) in [6.07, 6.45) is 2.61. The molecule has 6 heteroatoms. The van der Waals surface area contributed by atoms with Gasteiger partial charge in [-0.15, -0.1) is 0 Å². The standard InChI is InChI=1S/C11H17N5S/c1-7(16(2)8-3-4-8)6-14-11-9(5-12)10(13)15-17-11/h7-8,14H,3-4,6H2,1-2H3,(H2,13,15). The Kier molecular flexibility index (Phi) is 3.50. The topological polar surface area (TPSA) is 78.0 Å². The van der Waals surface area contributed by atoms with Crippen LogP contribution in [0, 0.1) is 11.3 Å². The van der Waals surface area contributed by atoms with Gasteiger partial charge in [0.25, 0.3) is 0 Å². The highest BCUT2D eigenvalue weighted by Crippen LogP contribution is 2.28. The van der Waals surface area contributed by atoms with Crippen LogP contribution in [0.2, 0.25) is 0 Å². The van der Waals surface area contributed by atoms with E-state index < -0.39 is 0 Å². The maximum atomic E-state index is 8.95. The number of nitrogens with one attached hydrogen (secondary N) is 1. The number of aromatic nitrogens is 1. The normalized spacial score (nSPS) is 16.8. The molecule has 1 unspecified atom stereocenters. The fourth-order valence-corrected chi connectivity index (χ4v) is 2.43. The number of nitrogens with two attached hydrogens (primary N) is 1. The molecule has 2 rings (SSSR count). The van der Waals surface area contributed by atoms with Gasteiger partial charge < -0.3 is 11.1 Å². The molecule has 1 aliphatic carbocycles. The van der Waals surface area contributed by atoms with E-state index in [1.165, 1.54) is 24.4 Å². The Morgan fingerprint density at radius 1 is 1.71 bits per heavy atom. The maximum absolute atomic E-state index is 8.95. The van der Waals surface area contributed by atoms with Crippen molar-refractivity contribution >= 4 is 22.4 Å². The summed E-state index contributed by atoms with van der Waals surface area (Å²) in [5, 5.41) is 13.0. The Bertz CT molecular complexity index is 432. The van der Waals surface area contributed by atoms with Crippen LogP contribution in [0.15, 0.2) is 0 Å². The number of nitrogens with zero attached hydrogens (tertiary/aromatic N) is 3. The number of rotatable bonds is 5. The first kappa shape index (κ1) is 12.1. The Morgan fingerprint density at radius 3 is 3.00 bits per heavy atom. The van der Waals surface area contributed by atoms with Crippen molar-refractivity contribution < 1.29 is 0 Å². The van der Waals surface area contributed by atoms with Gasteiger partial charge in [0.2, 0.25) is 0 Å². The molecule has 0 saturated heterocycles. The van der Waals surface area contributed by atoms with Gasteiger partial charge >= 0.3 is 0 Å². The monoisotopic (exact) mass is 251 g/mol. The molecule has 0 amide bonds. The molecule has 3 N–H and O–H groups in total. The molecule has 1 aromatic heterocycles. The van der Waals surface area contributed by atoms with E-state index in [0.717, 1.165) is 17.6 Å². The summed E-state index contributed by atoms with van der Waals surface area (Å²) in [6.45, 7) is 2.99.